The molecule has 0 radical (unpaired) electrons. The molecule has 5 nitrogen and oxygen atoms in total. The number of carbonyl (C=O) groups excluding carboxylic acids is 1. The highest BCUT2D eigenvalue weighted by Crippen LogP contribution is 2.31. The molecule has 1 aliphatic rings. The Morgan fingerprint density at radius 2 is 2.00 bits per heavy atom. The van der Waals surface area contributed by atoms with Crippen molar-refractivity contribution in [1.82, 2.24) is 14.9 Å². The molecule has 0 saturated heterocycles. The maximum absolute atomic E-state index is 11.8. The van der Waals surface area contributed by atoms with Crippen molar-refractivity contribution in [1.29, 1.82) is 0 Å². The number of nitrogens with one attached hydrogen (secondary N) is 1. The van der Waals surface area contributed by atoms with E-state index in [9.17, 15) is 4.79 Å². The highest BCUT2D eigenvalue weighted by atomic mass is 16.5. The van der Waals surface area contributed by atoms with Gasteiger partial charge in [-0.2, -0.15) is 0 Å². The Labute approximate surface area is 136 Å². The molecule has 0 spiro atoms. The molecule has 5 heteroatoms. The Hall–Kier alpha value is -2.30. The van der Waals surface area contributed by atoms with Gasteiger partial charge in [0.05, 0.1) is 6.33 Å². The van der Waals surface area contributed by atoms with Gasteiger partial charge in [0.2, 0.25) is 0 Å². The minimum absolute atomic E-state index is 0.319. The standard InChI is InChI=1S/C18H23N3O2/c22-18(23-13-16-4-2-1-3-5-16)20-12-15-6-8-17(9-7-15)21-11-10-19-14-21/h1-5,10-11,14-15,17H,6-9,12-13H2,(H,20,22)/t15-,17-. The zero-order chi connectivity index (χ0) is 15.9. The predicted octanol–water partition coefficient (Wildman–Crippen LogP) is 3.54. The molecule has 1 aromatic heterocycles. The van der Waals surface area contributed by atoms with E-state index in [1.54, 1.807) is 0 Å². The van der Waals surface area contributed by atoms with Gasteiger partial charge in [0, 0.05) is 25.0 Å². The number of hydrogen-bond acceptors (Lipinski definition) is 3. The molecule has 0 aliphatic heterocycles. The normalized spacial score (nSPS) is 20.9. The molecule has 1 amide bonds. The zero-order valence-corrected chi connectivity index (χ0v) is 13.2. The van der Waals surface area contributed by atoms with Crippen molar-refractivity contribution in [3.8, 4) is 0 Å². The van der Waals surface area contributed by atoms with E-state index in [2.05, 4.69) is 14.9 Å². The van der Waals surface area contributed by atoms with Gasteiger partial charge in [-0.05, 0) is 37.2 Å². The van der Waals surface area contributed by atoms with E-state index >= 15 is 0 Å². The summed E-state index contributed by atoms with van der Waals surface area (Å²) in [7, 11) is 0. The largest absolute Gasteiger partial charge is 0.445 e. The molecule has 0 atom stereocenters. The minimum Gasteiger partial charge on any atom is -0.445 e. The number of nitrogens with zero attached hydrogens (tertiary/aromatic N) is 2. The Kier molecular flexibility index (Phi) is 5.29. The lowest BCUT2D eigenvalue weighted by molar-refractivity contribution is 0.136. The summed E-state index contributed by atoms with van der Waals surface area (Å²) in [5.41, 5.74) is 1.00. The van der Waals surface area contributed by atoms with Crippen molar-refractivity contribution in [2.45, 2.75) is 38.3 Å². The summed E-state index contributed by atoms with van der Waals surface area (Å²) in [5.74, 6) is 0.541. The molecule has 0 unspecified atom stereocenters. The van der Waals surface area contributed by atoms with Crippen LogP contribution in [-0.4, -0.2) is 22.2 Å². The minimum atomic E-state index is -0.328. The van der Waals surface area contributed by atoms with Crippen LogP contribution in [0.4, 0.5) is 4.79 Å². The number of alkyl carbamates (subject to hydrolysis) is 1. The average molecular weight is 313 g/mol. The first-order valence-corrected chi connectivity index (χ1v) is 8.23. The number of hydrogen-bond donors (Lipinski definition) is 1. The van der Waals surface area contributed by atoms with Crippen molar-refractivity contribution in [3.05, 3.63) is 54.6 Å². The fourth-order valence-electron chi connectivity index (χ4n) is 3.13. The van der Waals surface area contributed by atoms with Crippen molar-refractivity contribution in [3.63, 3.8) is 0 Å². The number of benzene rings is 1. The molecular formula is C18H23N3O2. The van der Waals surface area contributed by atoms with Crippen LogP contribution in [0.1, 0.15) is 37.3 Å². The average Bonchev–Trinajstić information content (AvgIpc) is 3.14. The van der Waals surface area contributed by atoms with E-state index < -0.39 is 0 Å². The van der Waals surface area contributed by atoms with Crippen LogP contribution in [0.3, 0.4) is 0 Å². The summed E-state index contributed by atoms with van der Waals surface area (Å²) < 4.78 is 7.43. The van der Waals surface area contributed by atoms with E-state index in [0.29, 0.717) is 25.1 Å². The molecule has 1 N–H and O–H groups in total. The molecule has 1 fully saturated rings. The molecule has 1 aliphatic carbocycles. The lowest BCUT2D eigenvalue weighted by Gasteiger charge is -2.29. The summed E-state index contributed by atoms with van der Waals surface area (Å²) in [6, 6.07) is 10.3. The Morgan fingerprint density at radius 1 is 1.22 bits per heavy atom. The fraction of sp³-hybridized carbons (Fsp3) is 0.444. The third kappa shape index (κ3) is 4.58. The van der Waals surface area contributed by atoms with Crippen LogP contribution in [0.15, 0.2) is 49.1 Å². The molecule has 122 valence electrons. The van der Waals surface area contributed by atoms with Crippen molar-refractivity contribution in [2.75, 3.05) is 6.54 Å². The SMILES string of the molecule is O=C(NC[C@H]1CC[C@H](n2ccnc2)CC1)OCc1ccccc1. The maximum atomic E-state index is 11.8. The number of rotatable bonds is 5. The van der Waals surface area contributed by atoms with Crippen LogP contribution >= 0.6 is 0 Å². The lowest BCUT2D eigenvalue weighted by Crippen LogP contribution is -2.32. The van der Waals surface area contributed by atoms with Crippen LogP contribution < -0.4 is 5.32 Å². The number of aromatic nitrogens is 2. The van der Waals surface area contributed by atoms with E-state index in [-0.39, 0.29) is 6.09 Å². The first kappa shape index (κ1) is 15.6. The van der Waals surface area contributed by atoms with Crippen LogP contribution in [0.2, 0.25) is 0 Å². The Bertz CT molecular complexity index is 590. The van der Waals surface area contributed by atoms with Gasteiger partial charge in [0.25, 0.3) is 0 Å². The van der Waals surface area contributed by atoms with Crippen LogP contribution in [0.5, 0.6) is 0 Å². The smallest absolute Gasteiger partial charge is 0.407 e. The zero-order valence-electron chi connectivity index (χ0n) is 13.2. The first-order chi connectivity index (χ1) is 11.3. The van der Waals surface area contributed by atoms with Gasteiger partial charge in [-0.25, -0.2) is 9.78 Å². The molecule has 23 heavy (non-hydrogen) atoms. The third-order valence-corrected chi connectivity index (χ3v) is 4.51. The summed E-state index contributed by atoms with van der Waals surface area (Å²) in [6.45, 7) is 1.02. The van der Waals surface area contributed by atoms with E-state index in [4.69, 9.17) is 4.74 Å². The van der Waals surface area contributed by atoms with Crippen molar-refractivity contribution in [2.24, 2.45) is 5.92 Å². The fourth-order valence-corrected chi connectivity index (χ4v) is 3.13. The quantitative estimate of drug-likeness (QED) is 0.918. The van der Waals surface area contributed by atoms with E-state index in [1.807, 2.05) is 49.1 Å². The molecule has 3 rings (SSSR count). The van der Waals surface area contributed by atoms with Crippen molar-refractivity contribution < 1.29 is 9.53 Å². The molecule has 1 aromatic carbocycles. The van der Waals surface area contributed by atoms with Gasteiger partial charge in [0.15, 0.2) is 0 Å². The Balaban J connectivity index is 1.34. The van der Waals surface area contributed by atoms with Crippen LogP contribution in [0, 0.1) is 5.92 Å². The summed E-state index contributed by atoms with van der Waals surface area (Å²) in [6.07, 6.45) is 9.96. The van der Waals surface area contributed by atoms with E-state index in [0.717, 1.165) is 31.2 Å². The van der Waals surface area contributed by atoms with E-state index in [1.165, 1.54) is 0 Å². The molecule has 0 bridgehead atoms. The number of ether oxygens (including phenoxy) is 1. The second kappa shape index (κ2) is 7.81. The van der Waals surface area contributed by atoms with Crippen LogP contribution in [-0.2, 0) is 11.3 Å². The highest BCUT2D eigenvalue weighted by Gasteiger charge is 2.22. The molecular weight excluding hydrogens is 290 g/mol. The molecule has 2 aromatic rings. The molecule has 1 heterocycles. The third-order valence-electron chi connectivity index (χ3n) is 4.51. The van der Waals surface area contributed by atoms with Gasteiger partial charge in [-0.15, -0.1) is 0 Å². The molecule has 1 saturated carbocycles. The Morgan fingerprint density at radius 3 is 2.70 bits per heavy atom. The van der Waals surface area contributed by atoms with Gasteiger partial charge in [0.1, 0.15) is 6.61 Å². The summed E-state index contributed by atoms with van der Waals surface area (Å²) in [4.78, 5) is 15.9. The number of carbonyl (C=O) groups is 1. The number of imidazole rings is 1. The summed E-state index contributed by atoms with van der Waals surface area (Å²) in [5, 5.41) is 2.89. The second-order valence-electron chi connectivity index (χ2n) is 6.13. The monoisotopic (exact) mass is 313 g/mol. The van der Waals surface area contributed by atoms with Gasteiger partial charge >= 0.3 is 6.09 Å². The van der Waals surface area contributed by atoms with Gasteiger partial charge in [-0.1, -0.05) is 30.3 Å². The van der Waals surface area contributed by atoms with Gasteiger partial charge < -0.3 is 14.6 Å². The highest BCUT2D eigenvalue weighted by molar-refractivity contribution is 5.67. The topological polar surface area (TPSA) is 56.2 Å². The van der Waals surface area contributed by atoms with Gasteiger partial charge in [-0.3, -0.25) is 0 Å². The summed E-state index contributed by atoms with van der Waals surface area (Å²) >= 11 is 0. The number of amides is 1. The maximum Gasteiger partial charge on any atom is 0.407 e. The predicted molar refractivity (Wildman–Crippen MR) is 87.9 cm³/mol. The first-order valence-electron chi connectivity index (χ1n) is 8.23. The van der Waals surface area contributed by atoms with Crippen molar-refractivity contribution >= 4 is 6.09 Å². The van der Waals surface area contributed by atoms with Crippen LogP contribution in [0.25, 0.3) is 0 Å². The lowest BCUT2D eigenvalue weighted by atomic mass is 9.86. The second-order valence-corrected chi connectivity index (χ2v) is 6.13.